The van der Waals surface area contributed by atoms with E-state index in [0.717, 1.165) is 15.6 Å². The number of amides is 3. The Kier molecular flexibility index (Phi) is 7.66. The standard InChI is InChI=1S/C20H24BrN3O2/c1-23(14-17-8-10-18(21)11-9-17)19(25)12-13-22-20(26)24(2)15-16-6-4-3-5-7-16/h3-11H,12-15H2,1-2H3,(H,22,26). The quantitative estimate of drug-likeness (QED) is 0.747. The molecule has 0 saturated heterocycles. The van der Waals surface area contributed by atoms with Crippen LogP contribution in [0.25, 0.3) is 0 Å². The number of halogens is 1. The minimum absolute atomic E-state index is 0.000990. The number of hydrogen-bond donors (Lipinski definition) is 1. The van der Waals surface area contributed by atoms with Crippen molar-refractivity contribution in [3.8, 4) is 0 Å². The number of carbonyl (C=O) groups excluding carboxylic acids is 2. The second-order valence-corrected chi connectivity index (χ2v) is 7.12. The molecule has 5 nitrogen and oxygen atoms in total. The first-order valence-corrected chi connectivity index (χ1v) is 9.26. The van der Waals surface area contributed by atoms with Gasteiger partial charge in [-0.15, -0.1) is 0 Å². The Balaban J connectivity index is 1.71. The van der Waals surface area contributed by atoms with E-state index in [4.69, 9.17) is 0 Å². The molecule has 2 rings (SSSR count). The van der Waals surface area contributed by atoms with Gasteiger partial charge in [0.15, 0.2) is 0 Å². The van der Waals surface area contributed by atoms with Gasteiger partial charge in [0, 0.05) is 44.6 Å². The van der Waals surface area contributed by atoms with Crippen LogP contribution >= 0.6 is 15.9 Å². The molecule has 1 N–H and O–H groups in total. The van der Waals surface area contributed by atoms with Crippen molar-refractivity contribution in [2.24, 2.45) is 0 Å². The molecule has 0 atom stereocenters. The molecule has 2 aromatic carbocycles. The SMILES string of the molecule is CN(Cc1ccc(Br)cc1)C(=O)CCNC(=O)N(C)Cc1ccccc1. The van der Waals surface area contributed by atoms with Crippen LogP contribution < -0.4 is 5.32 Å². The van der Waals surface area contributed by atoms with E-state index in [1.807, 2.05) is 54.6 Å². The molecule has 0 bridgehead atoms. The van der Waals surface area contributed by atoms with E-state index in [-0.39, 0.29) is 18.4 Å². The molecule has 3 amide bonds. The zero-order valence-electron chi connectivity index (χ0n) is 15.1. The zero-order valence-corrected chi connectivity index (χ0v) is 16.7. The smallest absolute Gasteiger partial charge is 0.317 e. The first-order chi connectivity index (χ1) is 12.5. The molecule has 0 heterocycles. The molecule has 0 saturated carbocycles. The molecule has 138 valence electrons. The van der Waals surface area contributed by atoms with Crippen molar-refractivity contribution in [1.82, 2.24) is 15.1 Å². The third kappa shape index (κ3) is 6.52. The summed E-state index contributed by atoms with van der Waals surface area (Å²) in [6.45, 7) is 1.40. The Morgan fingerprint density at radius 2 is 1.46 bits per heavy atom. The van der Waals surface area contributed by atoms with Crippen LogP contribution in [0.3, 0.4) is 0 Å². The van der Waals surface area contributed by atoms with Gasteiger partial charge in [-0.2, -0.15) is 0 Å². The van der Waals surface area contributed by atoms with Crippen molar-refractivity contribution in [2.45, 2.75) is 19.5 Å². The highest BCUT2D eigenvalue weighted by Gasteiger charge is 2.12. The molecular weight excluding hydrogens is 394 g/mol. The van der Waals surface area contributed by atoms with Crippen molar-refractivity contribution >= 4 is 27.9 Å². The molecular formula is C20H24BrN3O2. The normalized spacial score (nSPS) is 10.3. The van der Waals surface area contributed by atoms with Crippen LogP contribution in [0.2, 0.25) is 0 Å². The van der Waals surface area contributed by atoms with E-state index in [9.17, 15) is 9.59 Å². The minimum atomic E-state index is -0.183. The maximum atomic E-state index is 12.2. The Labute approximate surface area is 163 Å². The van der Waals surface area contributed by atoms with Crippen molar-refractivity contribution in [2.75, 3.05) is 20.6 Å². The Morgan fingerprint density at radius 1 is 0.885 bits per heavy atom. The third-order valence-electron chi connectivity index (χ3n) is 3.98. The van der Waals surface area contributed by atoms with Gasteiger partial charge in [0.05, 0.1) is 0 Å². The van der Waals surface area contributed by atoms with Gasteiger partial charge in [0.2, 0.25) is 5.91 Å². The number of nitrogens with zero attached hydrogens (tertiary/aromatic N) is 2. The second kappa shape index (κ2) is 9.97. The molecule has 0 spiro atoms. The van der Waals surface area contributed by atoms with Gasteiger partial charge in [-0.1, -0.05) is 58.4 Å². The summed E-state index contributed by atoms with van der Waals surface area (Å²) in [7, 11) is 3.51. The highest BCUT2D eigenvalue weighted by molar-refractivity contribution is 9.10. The van der Waals surface area contributed by atoms with Crippen LogP contribution in [0.1, 0.15) is 17.5 Å². The lowest BCUT2D eigenvalue weighted by Crippen LogP contribution is -2.39. The van der Waals surface area contributed by atoms with E-state index >= 15 is 0 Å². The number of hydrogen-bond acceptors (Lipinski definition) is 2. The largest absolute Gasteiger partial charge is 0.341 e. The van der Waals surface area contributed by atoms with Crippen LogP contribution in [0, 0.1) is 0 Å². The first-order valence-electron chi connectivity index (χ1n) is 8.47. The molecule has 0 unspecified atom stereocenters. The summed E-state index contributed by atoms with van der Waals surface area (Å²) in [5, 5.41) is 2.79. The summed E-state index contributed by atoms with van der Waals surface area (Å²) in [4.78, 5) is 27.6. The van der Waals surface area contributed by atoms with Crippen molar-refractivity contribution in [3.05, 3.63) is 70.2 Å². The van der Waals surface area contributed by atoms with E-state index < -0.39 is 0 Å². The summed E-state index contributed by atoms with van der Waals surface area (Å²) in [6, 6.07) is 17.5. The van der Waals surface area contributed by atoms with Gasteiger partial charge in [0.25, 0.3) is 0 Å². The highest BCUT2D eigenvalue weighted by Crippen LogP contribution is 2.12. The third-order valence-corrected chi connectivity index (χ3v) is 4.51. The van der Waals surface area contributed by atoms with Gasteiger partial charge < -0.3 is 15.1 Å². The van der Waals surface area contributed by atoms with Crippen LogP contribution in [-0.2, 0) is 17.9 Å². The molecule has 0 aromatic heterocycles. The highest BCUT2D eigenvalue weighted by atomic mass is 79.9. The van der Waals surface area contributed by atoms with Crippen LogP contribution in [-0.4, -0.2) is 42.4 Å². The Morgan fingerprint density at radius 3 is 2.12 bits per heavy atom. The first kappa shape index (κ1) is 20.0. The van der Waals surface area contributed by atoms with Crippen molar-refractivity contribution in [3.63, 3.8) is 0 Å². The Bertz CT molecular complexity index is 720. The number of nitrogens with one attached hydrogen (secondary N) is 1. The maximum absolute atomic E-state index is 12.2. The molecule has 0 fully saturated rings. The van der Waals surface area contributed by atoms with Gasteiger partial charge in [-0.05, 0) is 23.3 Å². The molecule has 0 aliphatic rings. The molecule has 0 aliphatic heterocycles. The van der Waals surface area contributed by atoms with Crippen LogP contribution in [0.5, 0.6) is 0 Å². The average molecular weight is 418 g/mol. The predicted octanol–water partition coefficient (Wildman–Crippen LogP) is 3.64. The molecule has 0 radical (unpaired) electrons. The van der Waals surface area contributed by atoms with Gasteiger partial charge >= 0.3 is 6.03 Å². The van der Waals surface area contributed by atoms with E-state index in [1.165, 1.54) is 0 Å². The molecule has 2 aromatic rings. The number of benzene rings is 2. The van der Waals surface area contributed by atoms with Gasteiger partial charge in [-0.3, -0.25) is 4.79 Å². The second-order valence-electron chi connectivity index (χ2n) is 6.20. The molecule has 26 heavy (non-hydrogen) atoms. The lowest BCUT2D eigenvalue weighted by molar-refractivity contribution is -0.130. The summed E-state index contributed by atoms with van der Waals surface area (Å²) in [5.41, 5.74) is 2.13. The number of urea groups is 1. The van der Waals surface area contributed by atoms with Crippen molar-refractivity contribution in [1.29, 1.82) is 0 Å². The summed E-state index contributed by atoms with van der Waals surface area (Å²) < 4.78 is 1.01. The van der Waals surface area contributed by atoms with E-state index in [1.54, 1.807) is 23.9 Å². The van der Waals surface area contributed by atoms with Gasteiger partial charge in [-0.25, -0.2) is 4.79 Å². The number of rotatable bonds is 7. The zero-order chi connectivity index (χ0) is 18.9. The van der Waals surface area contributed by atoms with E-state index in [2.05, 4.69) is 21.2 Å². The fourth-order valence-corrected chi connectivity index (χ4v) is 2.75. The lowest BCUT2D eigenvalue weighted by atomic mass is 10.2. The fourth-order valence-electron chi connectivity index (χ4n) is 2.48. The van der Waals surface area contributed by atoms with Crippen LogP contribution in [0.15, 0.2) is 59.1 Å². The van der Waals surface area contributed by atoms with Gasteiger partial charge in [0.1, 0.15) is 0 Å². The summed E-state index contributed by atoms with van der Waals surface area (Å²) in [6.07, 6.45) is 0.276. The average Bonchev–Trinajstić information content (AvgIpc) is 2.64. The monoisotopic (exact) mass is 417 g/mol. The number of carbonyl (C=O) groups is 2. The summed E-state index contributed by atoms with van der Waals surface area (Å²) in [5.74, 6) is -0.000990. The molecule has 6 heteroatoms. The maximum Gasteiger partial charge on any atom is 0.317 e. The van der Waals surface area contributed by atoms with Crippen LogP contribution in [0.4, 0.5) is 4.79 Å². The molecule has 0 aliphatic carbocycles. The topological polar surface area (TPSA) is 52.7 Å². The Hall–Kier alpha value is -2.34. The van der Waals surface area contributed by atoms with E-state index in [0.29, 0.717) is 19.6 Å². The minimum Gasteiger partial charge on any atom is -0.341 e. The fraction of sp³-hybridized carbons (Fsp3) is 0.300. The summed E-state index contributed by atoms with van der Waals surface area (Å²) >= 11 is 3.40. The lowest BCUT2D eigenvalue weighted by Gasteiger charge is -2.20. The van der Waals surface area contributed by atoms with Crippen molar-refractivity contribution < 1.29 is 9.59 Å². The predicted molar refractivity (Wildman–Crippen MR) is 107 cm³/mol.